The van der Waals surface area contributed by atoms with Crippen LogP contribution in [0.1, 0.15) is 51.5 Å². The van der Waals surface area contributed by atoms with Crippen molar-refractivity contribution in [2.45, 2.75) is 51.4 Å². The topological polar surface area (TPSA) is 0 Å². The van der Waals surface area contributed by atoms with Crippen LogP contribution in [0.25, 0.3) is 0 Å². The molecular formula is C18H22. The molecule has 18 heavy (non-hydrogen) atoms. The molecule has 0 radical (unpaired) electrons. The Bertz CT molecular complexity index is 520. The lowest BCUT2D eigenvalue weighted by molar-refractivity contribution is -0.308. The van der Waals surface area contributed by atoms with Crippen molar-refractivity contribution in [3.05, 3.63) is 35.9 Å². The van der Waals surface area contributed by atoms with Gasteiger partial charge in [-0.1, -0.05) is 44.2 Å². The normalized spacial score (nSPS) is 58.9. The van der Waals surface area contributed by atoms with Crippen LogP contribution in [0.15, 0.2) is 30.3 Å². The summed E-state index contributed by atoms with van der Waals surface area (Å²) in [4.78, 5) is 0. The number of hydrogen-bond acceptors (Lipinski definition) is 0. The Hall–Kier alpha value is -0.780. The van der Waals surface area contributed by atoms with Crippen LogP contribution < -0.4 is 0 Å². The summed E-state index contributed by atoms with van der Waals surface area (Å²) in [5, 5.41) is 0. The quantitative estimate of drug-likeness (QED) is 0.673. The third kappa shape index (κ3) is 0.681. The highest BCUT2D eigenvalue weighted by Crippen LogP contribution is 2.95. The molecule has 1 spiro atoms. The van der Waals surface area contributed by atoms with Gasteiger partial charge in [-0.3, -0.25) is 0 Å². The summed E-state index contributed by atoms with van der Waals surface area (Å²) in [6.07, 6.45) is 7.52. The van der Waals surface area contributed by atoms with Crippen LogP contribution in [0, 0.1) is 22.2 Å². The van der Waals surface area contributed by atoms with Gasteiger partial charge in [-0.15, -0.1) is 0 Å². The maximum atomic E-state index is 2.60. The van der Waals surface area contributed by atoms with E-state index in [1.807, 2.05) is 0 Å². The van der Waals surface area contributed by atoms with Crippen molar-refractivity contribution < 1.29 is 0 Å². The van der Waals surface area contributed by atoms with Gasteiger partial charge in [0.1, 0.15) is 0 Å². The molecule has 0 nitrogen and oxygen atoms in total. The first-order valence-corrected chi connectivity index (χ1v) is 7.61. The van der Waals surface area contributed by atoms with Crippen LogP contribution in [-0.4, -0.2) is 0 Å². The van der Waals surface area contributed by atoms with Gasteiger partial charge in [-0.2, -0.15) is 0 Å². The van der Waals surface area contributed by atoms with Gasteiger partial charge in [0.2, 0.25) is 0 Å². The maximum Gasteiger partial charge on any atom is 0.00307 e. The van der Waals surface area contributed by atoms with E-state index in [0.717, 1.165) is 5.92 Å². The summed E-state index contributed by atoms with van der Waals surface area (Å²) in [6.45, 7) is 5.20. The van der Waals surface area contributed by atoms with Crippen molar-refractivity contribution in [3.8, 4) is 0 Å². The minimum Gasteiger partial charge on any atom is -0.0622 e. The predicted octanol–water partition coefficient (Wildman–Crippen LogP) is 4.54. The minimum atomic E-state index is 0.572. The highest BCUT2D eigenvalue weighted by Gasteiger charge is 2.89. The Kier molecular flexibility index (Phi) is 1.37. The van der Waals surface area contributed by atoms with E-state index >= 15 is 0 Å². The summed E-state index contributed by atoms with van der Waals surface area (Å²) < 4.78 is 0. The second-order valence-corrected chi connectivity index (χ2v) is 8.31. The summed E-state index contributed by atoms with van der Waals surface area (Å²) in [5.41, 5.74) is 4.27. The van der Waals surface area contributed by atoms with Gasteiger partial charge in [0.05, 0.1) is 0 Å². The Morgan fingerprint density at radius 3 is 2.06 bits per heavy atom. The lowest BCUT2D eigenvalue weighted by atomic mass is 9.20. The Morgan fingerprint density at radius 2 is 1.50 bits per heavy atom. The smallest absolute Gasteiger partial charge is 0.00307 e. The van der Waals surface area contributed by atoms with Crippen LogP contribution in [0.4, 0.5) is 0 Å². The van der Waals surface area contributed by atoms with Gasteiger partial charge in [-0.05, 0) is 59.8 Å². The van der Waals surface area contributed by atoms with Gasteiger partial charge in [0.25, 0.3) is 0 Å². The molecule has 1 aromatic carbocycles. The zero-order chi connectivity index (χ0) is 12.2. The van der Waals surface area contributed by atoms with Crippen molar-refractivity contribution in [3.63, 3.8) is 0 Å². The number of rotatable bonds is 1. The summed E-state index contributed by atoms with van der Waals surface area (Å²) in [5.74, 6) is 1.05. The summed E-state index contributed by atoms with van der Waals surface area (Å²) >= 11 is 0. The van der Waals surface area contributed by atoms with E-state index < -0.39 is 0 Å². The second-order valence-electron chi connectivity index (χ2n) is 8.31. The van der Waals surface area contributed by atoms with E-state index in [-0.39, 0.29) is 0 Å². The molecule has 4 aliphatic carbocycles. The zero-order valence-corrected chi connectivity index (χ0v) is 11.5. The predicted molar refractivity (Wildman–Crippen MR) is 73.3 cm³/mol. The average molecular weight is 238 g/mol. The molecule has 2 bridgehead atoms. The Balaban J connectivity index is 1.72. The van der Waals surface area contributed by atoms with Crippen molar-refractivity contribution in [1.82, 2.24) is 0 Å². The van der Waals surface area contributed by atoms with E-state index in [1.165, 1.54) is 32.1 Å². The summed E-state index contributed by atoms with van der Waals surface area (Å²) in [6, 6.07) is 11.5. The number of fused-ring (bicyclic) bond motifs is 1. The molecule has 0 heteroatoms. The minimum absolute atomic E-state index is 0.572. The van der Waals surface area contributed by atoms with Crippen LogP contribution in [0.2, 0.25) is 0 Å². The van der Waals surface area contributed by atoms with E-state index in [0.29, 0.717) is 21.7 Å². The lowest BCUT2D eigenvalue weighted by Gasteiger charge is -2.84. The van der Waals surface area contributed by atoms with Crippen LogP contribution in [0.5, 0.6) is 0 Å². The van der Waals surface area contributed by atoms with E-state index in [1.54, 1.807) is 5.56 Å². The Labute approximate surface area is 110 Å². The van der Waals surface area contributed by atoms with Gasteiger partial charge in [-0.25, -0.2) is 0 Å². The fourth-order valence-electron chi connectivity index (χ4n) is 7.98. The molecular weight excluding hydrogens is 216 g/mol. The van der Waals surface area contributed by atoms with Crippen molar-refractivity contribution >= 4 is 0 Å². The lowest BCUT2D eigenvalue weighted by Crippen LogP contribution is -2.79. The summed E-state index contributed by atoms with van der Waals surface area (Å²) in [7, 11) is 0. The average Bonchev–Trinajstić information content (AvgIpc) is 2.74. The molecule has 1 aromatic rings. The van der Waals surface area contributed by atoms with Crippen molar-refractivity contribution in [1.29, 1.82) is 0 Å². The molecule has 5 atom stereocenters. The molecule has 94 valence electrons. The van der Waals surface area contributed by atoms with Crippen LogP contribution >= 0.6 is 0 Å². The van der Waals surface area contributed by atoms with Crippen molar-refractivity contribution in [2.24, 2.45) is 22.2 Å². The van der Waals surface area contributed by atoms with Gasteiger partial charge < -0.3 is 0 Å². The molecule has 0 aliphatic heterocycles. The maximum absolute atomic E-state index is 2.60. The third-order valence-corrected chi connectivity index (χ3v) is 7.66. The van der Waals surface area contributed by atoms with E-state index in [2.05, 4.69) is 44.2 Å². The fraction of sp³-hybridized carbons (Fsp3) is 0.667. The van der Waals surface area contributed by atoms with Gasteiger partial charge in [0.15, 0.2) is 0 Å². The zero-order valence-electron chi connectivity index (χ0n) is 11.5. The van der Waals surface area contributed by atoms with Gasteiger partial charge in [0, 0.05) is 5.41 Å². The molecule has 0 heterocycles. The highest BCUT2D eigenvalue weighted by molar-refractivity contribution is 5.49. The highest BCUT2D eigenvalue weighted by atomic mass is 14.9. The first kappa shape index (κ1) is 10.1. The monoisotopic (exact) mass is 238 g/mol. The number of benzene rings is 1. The first-order valence-electron chi connectivity index (χ1n) is 7.61. The van der Waals surface area contributed by atoms with Crippen molar-refractivity contribution in [2.75, 3.05) is 0 Å². The fourth-order valence-corrected chi connectivity index (χ4v) is 7.98. The molecule has 0 amide bonds. The van der Waals surface area contributed by atoms with Gasteiger partial charge >= 0.3 is 0 Å². The Morgan fingerprint density at radius 1 is 0.889 bits per heavy atom. The first-order chi connectivity index (χ1) is 8.55. The molecule has 4 aliphatic rings. The largest absolute Gasteiger partial charge is 0.0622 e. The SMILES string of the molecule is CC12CC3CC14C(c1ccccc1)(C2)C[C@@]4(C)C3. The molecule has 4 fully saturated rings. The second kappa shape index (κ2) is 2.44. The van der Waals surface area contributed by atoms with Crippen LogP contribution in [-0.2, 0) is 5.41 Å². The van der Waals surface area contributed by atoms with E-state index in [9.17, 15) is 0 Å². The number of hydrogen-bond donors (Lipinski definition) is 0. The molecule has 0 saturated heterocycles. The molecule has 0 N–H and O–H groups in total. The molecule has 5 rings (SSSR count). The molecule has 4 unspecified atom stereocenters. The van der Waals surface area contributed by atoms with E-state index in [4.69, 9.17) is 0 Å². The molecule has 4 saturated carbocycles. The third-order valence-electron chi connectivity index (χ3n) is 7.66. The molecule has 0 aromatic heterocycles. The van der Waals surface area contributed by atoms with Crippen LogP contribution in [0.3, 0.4) is 0 Å². The standard InChI is InChI=1S/C18H22/c1-15-8-13-9-16(2)12-17(11-15,18(15,16)10-13)14-6-4-3-5-7-14/h3-7,13H,8-12H2,1-2H3/t13?,15-,16?,17?,18?/m1/s1.